The molecule has 2 rings (SSSR count). The molecule has 1 heterocycles. The summed E-state index contributed by atoms with van der Waals surface area (Å²) in [4.78, 5) is 27.7. The summed E-state index contributed by atoms with van der Waals surface area (Å²) in [5.74, 6) is -0.460. The Balaban J connectivity index is 2.24. The number of amides is 1. The van der Waals surface area contributed by atoms with Crippen LogP contribution in [0.1, 0.15) is 37.0 Å². The summed E-state index contributed by atoms with van der Waals surface area (Å²) in [6, 6.07) is 5.88. The number of hydrogen-bond acceptors (Lipinski definition) is 4. The van der Waals surface area contributed by atoms with Gasteiger partial charge in [0.25, 0.3) is 11.6 Å². The highest BCUT2D eigenvalue weighted by Gasteiger charge is 2.54. The van der Waals surface area contributed by atoms with Gasteiger partial charge in [0.15, 0.2) is 5.72 Å². The van der Waals surface area contributed by atoms with Crippen molar-refractivity contribution in [3.05, 3.63) is 39.9 Å². The van der Waals surface area contributed by atoms with Crippen LogP contribution in [-0.4, -0.2) is 21.6 Å². The monoisotopic (exact) mass is 250 g/mol. The highest BCUT2D eigenvalue weighted by Crippen LogP contribution is 2.40. The number of carbonyl (C=O) groups excluding carboxylic acids is 1. The zero-order valence-electron chi connectivity index (χ0n) is 10.3. The number of nitro groups is 1. The Bertz CT molecular complexity index is 503. The number of nitrogens with zero attached hydrogens (tertiary/aromatic N) is 2. The van der Waals surface area contributed by atoms with Gasteiger partial charge >= 0.3 is 0 Å². The Labute approximate surface area is 104 Å². The number of para-hydroxylation sites is 1. The maximum Gasteiger partial charge on any atom is 0.287 e. The van der Waals surface area contributed by atoms with Crippen molar-refractivity contribution in [3.63, 3.8) is 0 Å². The average molecular weight is 250 g/mol. The second-order valence-corrected chi connectivity index (χ2v) is 4.39. The van der Waals surface area contributed by atoms with E-state index in [1.807, 2.05) is 6.92 Å². The molecule has 1 aromatic carbocycles. The molecular weight excluding hydrogens is 236 g/mol. The SMILES string of the molecule is CCCC1(C)ON1C(=O)c1ccccc1[N+](=O)[O-]. The largest absolute Gasteiger partial charge is 0.287 e. The molecule has 96 valence electrons. The van der Waals surface area contributed by atoms with Gasteiger partial charge in [-0.2, -0.15) is 5.06 Å². The summed E-state index contributed by atoms with van der Waals surface area (Å²) in [5.41, 5.74) is -0.755. The standard InChI is InChI=1S/C12H14N2O4/c1-3-8-12(2)13(18-12)11(15)9-6-4-5-7-10(9)14(16)17/h4-7H,3,8H2,1-2H3. The van der Waals surface area contributed by atoms with Gasteiger partial charge in [-0.15, -0.1) is 0 Å². The van der Waals surface area contributed by atoms with Crippen molar-refractivity contribution in [2.24, 2.45) is 0 Å². The van der Waals surface area contributed by atoms with Crippen LogP contribution in [-0.2, 0) is 4.84 Å². The lowest BCUT2D eigenvalue weighted by Gasteiger charge is -2.04. The Morgan fingerprint density at radius 2 is 2.17 bits per heavy atom. The van der Waals surface area contributed by atoms with E-state index in [9.17, 15) is 14.9 Å². The maximum absolute atomic E-state index is 12.1. The molecule has 0 saturated carbocycles. The predicted molar refractivity (Wildman–Crippen MR) is 63.7 cm³/mol. The molecule has 1 saturated heterocycles. The number of hydroxylamine groups is 2. The Kier molecular flexibility index (Phi) is 3.04. The summed E-state index contributed by atoms with van der Waals surface area (Å²) >= 11 is 0. The van der Waals surface area contributed by atoms with E-state index in [2.05, 4.69) is 0 Å². The van der Waals surface area contributed by atoms with E-state index in [-0.39, 0.29) is 11.3 Å². The van der Waals surface area contributed by atoms with Crippen LogP contribution in [0.15, 0.2) is 24.3 Å². The van der Waals surface area contributed by atoms with Gasteiger partial charge in [0.2, 0.25) is 0 Å². The van der Waals surface area contributed by atoms with E-state index in [1.165, 1.54) is 23.3 Å². The first kappa shape index (κ1) is 12.5. The normalized spacial score (nSPS) is 21.8. The fourth-order valence-corrected chi connectivity index (χ4v) is 1.97. The summed E-state index contributed by atoms with van der Waals surface area (Å²) in [6.45, 7) is 3.78. The fourth-order valence-electron chi connectivity index (χ4n) is 1.97. The van der Waals surface area contributed by atoms with Crippen LogP contribution in [0.4, 0.5) is 5.69 Å². The topological polar surface area (TPSA) is 75.8 Å². The molecule has 1 aliphatic rings. The van der Waals surface area contributed by atoms with Crippen LogP contribution >= 0.6 is 0 Å². The third-order valence-corrected chi connectivity index (χ3v) is 2.91. The molecule has 6 heteroatoms. The second kappa shape index (κ2) is 4.38. The molecule has 0 N–H and O–H groups in total. The molecule has 0 aliphatic carbocycles. The zero-order valence-corrected chi connectivity index (χ0v) is 10.3. The van der Waals surface area contributed by atoms with Gasteiger partial charge in [0, 0.05) is 6.07 Å². The number of benzene rings is 1. The van der Waals surface area contributed by atoms with Gasteiger partial charge in [-0.05, 0) is 19.4 Å². The maximum atomic E-state index is 12.1. The molecule has 1 aromatic rings. The van der Waals surface area contributed by atoms with Crippen LogP contribution in [0, 0.1) is 10.1 Å². The third kappa shape index (κ3) is 2.06. The van der Waals surface area contributed by atoms with Crippen LogP contribution < -0.4 is 0 Å². The quantitative estimate of drug-likeness (QED) is 0.467. The summed E-state index contributed by atoms with van der Waals surface area (Å²) in [5, 5.41) is 12.1. The molecule has 1 atom stereocenters. The van der Waals surface area contributed by atoms with Gasteiger partial charge in [0.1, 0.15) is 5.56 Å². The first-order valence-corrected chi connectivity index (χ1v) is 5.76. The summed E-state index contributed by atoms with van der Waals surface area (Å²) in [6.07, 6.45) is 1.58. The van der Waals surface area contributed by atoms with Crippen LogP contribution in [0.5, 0.6) is 0 Å². The van der Waals surface area contributed by atoms with Crippen molar-refractivity contribution in [1.29, 1.82) is 0 Å². The van der Waals surface area contributed by atoms with Crippen LogP contribution in [0.2, 0.25) is 0 Å². The molecule has 0 spiro atoms. The van der Waals surface area contributed by atoms with E-state index in [0.29, 0.717) is 6.42 Å². The number of rotatable bonds is 4. The van der Waals surface area contributed by atoms with E-state index in [0.717, 1.165) is 6.42 Å². The molecule has 1 amide bonds. The van der Waals surface area contributed by atoms with Gasteiger partial charge in [-0.25, -0.2) is 4.84 Å². The minimum Gasteiger partial charge on any atom is -0.266 e. The Hall–Kier alpha value is -1.95. The molecule has 1 unspecified atom stereocenters. The van der Waals surface area contributed by atoms with Crippen molar-refractivity contribution in [2.45, 2.75) is 32.4 Å². The van der Waals surface area contributed by atoms with Gasteiger partial charge in [-0.1, -0.05) is 25.5 Å². The molecule has 0 aromatic heterocycles. The first-order chi connectivity index (χ1) is 8.49. The van der Waals surface area contributed by atoms with Crippen LogP contribution in [0.25, 0.3) is 0 Å². The minimum absolute atomic E-state index is 0.0577. The predicted octanol–water partition coefficient (Wildman–Crippen LogP) is 2.50. The molecule has 0 radical (unpaired) electrons. The van der Waals surface area contributed by atoms with Gasteiger partial charge in [-0.3, -0.25) is 14.9 Å². The second-order valence-electron chi connectivity index (χ2n) is 4.39. The Morgan fingerprint density at radius 1 is 1.50 bits per heavy atom. The number of hydrogen-bond donors (Lipinski definition) is 0. The van der Waals surface area contributed by atoms with Crippen LogP contribution in [0.3, 0.4) is 0 Å². The molecule has 18 heavy (non-hydrogen) atoms. The highest BCUT2D eigenvalue weighted by atomic mass is 16.9. The summed E-state index contributed by atoms with van der Waals surface area (Å²) in [7, 11) is 0. The fraction of sp³-hybridized carbons (Fsp3) is 0.417. The Morgan fingerprint density at radius 3 is 2.78 bits per heavy atom. The van der Waals surface area contributed by atoms with E-state index in [4.69, 9.17) is 4.84 Å². The van der Waals surface area contributed by atoms with Crippen molar-refractivity contribution < 1.29 is 14.6 Å². The lowest BCUT2D eigenvalue weighted by atomic mass is 10.1. The van der Waals surface area contributed by atoms with E-state index >= 15 is 0 Å². The molecule has 6 nitrogen and oxygen atoms in total. The average Bonchev–Trinajstić information content (AvgIpc) is 3.00. The summed E-state index contributed by atoms with van der Waals surface area (Å²) < 4.78 is 0. The molecular formula is C12H14N2O4. The van der Waals surface area contributed by atoms with E-state index in [1.54, 1.807) is 13.0 Å². The van der Waals surface area contributed by atoms with Gasteiger partial charge < -0.3 is 0 Å². The lowest BCUT2D eigenvalue weighted by molar-refractivity contribution is -0.385. The molecule has 0 bridgehead atoms. The number of carbonyl (C=O) groups is 1. The highest BCUT2D eigenvalue weighted by molar-refractivity contribution is 5.98. The van der Waals surface area contributed by atoms with Crippen molar-refractivity contribution >= 4 is 11.6 Å². The van der Waals surface area contributed by atoms with Gasteiger partial charge in [0.05, 0.1) is 4.92 Å². The van der Waals surface area contributed by atoms with Crippen molar-refractivity contribution in [1.82, 2.24) is 5.06 Å². The van der Waals surface area contributed by atoms with E-state index < -0.39 is 16.6 Å². The first-order valence-electron chi connectivity index (χ1n) is 5.76. The number of nitro benzene ring substituents is 1. The van der Waals surface area contributed by atoms with Crippen molar-refractivity contribution in [3.8, 4) is 0 Å². The lowest BCUT2D eigenvalue weighted by Crippen LogP contribution is -2.21. The zero-order chi connectivity index (χ0) is 13.3. The molecule has 1 fully saturated rings. The third-order valence-electron chi connectivity index (χ3n) is 2.91. The molecule has 1 aliphatic heterocycles. The minimum atomic E-state index is -0.616. The van der Waals surface area contributed by atoms with Crippen molar-refractivity contribution in [2.75, 3.05) is 0 Å². The smallest absolute Gasteiger partial charge is 0.266 e.